The lowest BCUT2D eigenvalue weighted by Gasteiger charge is -2.38. The minimum Gasteiger partial charge on any atom is -0.297 e. The average molecular weight is 491 g/mol. The van der Waals surface area contributed by atoms with E-state index >= 15 is 0 Å². The summed E-state index contributed by atoms with van der Waals surface area (Å²) in [6.45, 7) is 4.94. The second-order valence-electron chi connectivity index (χ2n) is 10.0. The Labute approximate surface area is 219 Å². The molecule has 0 bridgehead atoms. The smallest absolute Gasteiger partial charge is 0.178 e. The number of aryl methyl sites for hydroxylation is 1. The molecular formula is C31H34N6. The van der Waals surface area contributed by atoms with Crippen molar-refractivity contribution in [3.8, 4) is 5.69 Å². The molecule has 6 rings (SSSR count). The third kappa shape index (κ3) is 5.26. The number of nitrogens with zero attached hydrogens (tertiary/aromatic N) is 6. The second-order valence-corrected chi connectivity index (χ2v) is 10.0. The van der Waals surface area contributed by atoms with E-state index in [1.165, 1.54) is 35.1 Å². The van der Waals surface area contributed by atoms with Gasteiger partial charge in [0, 0.05) is 32.7 Å². The number of aromatic nitrogens is 4. The first-order valence-electron chi connectivity index (χ1n) is 13.5. The Morgan fingerprint density at radius 3 is 2.35 bits per heavy atom. The largest absolute Gasteiger partial charge is 0.297 e. The molecule has 4 aromatic rings. The quantitative estimate of drug-likeness (QED) is 0.366. The summed E-state index contributed by atoms with van der Waals surface area (Å²) in [6, 6.07) is 27.9. The van der Waals surface area contributed by atoms with Gasteiger partial charge in [-0.3, -0.25) is 9.80 Å². The minimum absolute atomic E-state index is 0.0117. The van der Waals surface area contributed by atoms with Crippen molar-refractivity contribution < 1.29 is 0 Å². The van der Waals surface area contributed by atoms with E-state index in [1.54, 1.807) is 0 Å². The number of piperazine rings is 1. The molecule has 0 spiro atoms. The van der Waals surface area contributed by atoms with Crippen molar-refractivity contribution in [3.63, 3.8) is 0 Å². The second kappa shape index (κ2) is 11.2. The summed E-state index contributed by atoms with van der Waals surface area (Å²) >= 11 is 0. The number of tetrazole rings is 1. The lowest BCUT2D eigenvalue weighted by Crippen LogP contribution is -2.48. The average Bonchev–Trinajstić information content (AvgIpc) is 3.44. The number of hydrogen-bond acceptors (Lipinski definition) is 5. The van der Waals surface area contributed by atoms with Crippen LogP contribution in [-0.4, -0.2) is 62.7 Å². The van der Waals surface area contributed by atoms with Crippen LogP contribution in [0.25, 0.3) is 11.8 Å². The van der Waals surface area contributed by atoms with Crippen molar-refractivity contribution in [1.82, 2.24) is 30.0 Å². The fourth-order valence-corrected chi connectivity index (χ4v) is 5.76. The summed E-state index contributed by atoms with van der Waals surface area (Å²) in [7, 11) is 0. The van der Waals surface area contributed by atoms with E-state index in [0.29, 0.717) is 0 Å². The predicted octanol–water partition coefficient (Wildman–Crippen LogP) is 4.96. The maximum absolute atomic E-state index is 4.63. The topological polar surface area (TPSA) is 50.1 Å². The molecule has 1 unspecified atom stereocenters. The van der Waals surface area contributed by atoms with Crippen molar-refractivity contribution in [2.45, 2.75) is 31.7 Å². The molecule has 188 valence electrons. The van der Waals surface area contributed by atoms with Gasteiger partial charge in [0.2, 0.25) is 0 Å². The third-order valence-corrected chi connectivity index (χ3v) is 7.70. The molecule has 1 atom stereocenters. The van der Waals surface area contributed by atoms with Gasteiger partial charge in [0.25, 0.3) is 0 Å². The molecular weight excluding hydrogens is 456 g/mol. The Morgan fingerprint density at radius 2 is 1.54 bits per heavy atom. The van der Waals surface area contributed by atoms with E-state index in [9.17, 15) is 0 Å². The van der Waals surface area contributed by atoms with Gasteiger partial charge in [0.1, 0.15) is 0 Å². The molecule has 6 heteroatoms. The molecule has 37 heavy (non-hydrogen) atoms. The minimum atomic E-state index is 0.0117. The highest BCUT2D eigenvalue weighted by Crippen LogP contribution is 2.32. The van der Waals surface area contributed by atoms with Gasteiger partial charge in [0.15, 0.2) is 5.82 Å². The predicted molar refractivity (Wildman–Crippen MR) is 148 cm³/mol. The van der Waals surface area contributed by atoms with Gasteiger partial charge in [-0.15, -0.1) is 5.10 Å². The maximum atomic E-state index is 4.63. The highest BCUT2D eigenvalue weighted by atomic mass is 15.6. The van der Waals surface area contributed by atoms with Gasteiger partial charge in [-0.05, 0) is 64.4 Å². The lowest BCUT2D eigenvalue weighted by atomic mass is 9.90. The first-order chi connectivity index (χ1) is 18.4. The third-order valence-electron chi connectivity index (χ3n) is 7.70. The van der Waals surface area contributed by atoms with Gasteiger partial charge in [0.05, 0.1) is 11.7 Å². The molecule has 3 aromatic carbocycles. The van der Waals surface area contributed by atoms with Gasteiger partial charge >= 0.3 is 0 Å². The molecule has 6 nitrogen and oxygen atoms in total. The van der Waals surface area contributed by atoms with Crippen LogP contribution in [0.5, 0.6) is 0 Å². The zero-order valence-electron chi connectivity index (χ0n) is 21.3. The Balaban J connectivity index is 1.24. The van der Waals surface area contributed by atoms with E-state index in [4.69, 9.17) is 0 Å². The fraction of sp³-hybridized carbons (Fsp3) is 0.323. The van der Waals surface area contributed by atoms with E-state index < -0.39 is 0 Å². The first kappa shape index (κ1) is 23.8. The van der Waals surface area contributed by atoms with Gasteiger partial charge in [-0.25, -0.2) is 0 Å². The zero-order valence-corrected chi connectivity index (χ0v) is 21.3. The SMILES string of the molecule is C(=Cc1ccccc1)CN1CCN(C(c2ccccc2)c2nnnn2-c2cccc3c2CCCC3)CC1. The molecule has 0 radical (unpaired) electrons. The van der Waals surface area contributed by atoms with Crippen LogP contribution in [0.2, 0.25) is 0 Å². The normalized spacial score (nSPS) is 17.6. The fourth-order valence-electron chi connectivity index (χ4n) is 5.76. The van der Waals surface area contributed by atoms with Crippen molar-refractivity contribution in [2.24, 2.45) is 0 Å². The summed E-state index contributed by atoms with van der Waals surface area (Å²) < 4.78 is 2.01. The Kier molecular flexibility index (Phi) is 7.19. The van der Waals surface area contributed by atoms with Gasteiger partial charge in [-0.2, -0.15) is 4.68 Å². The Bertz CT molecular complexity index is 1320. The van der Waals surface area contributed by atoms with Crippen molar-refractivity contribution >= 4 is 6.08 Å². The number of benzene rings is 3. The number of rotatable bonds is 7. The summed E-state index contributed by atoms with van der Waals surface area (Å²) in [4.78, 5) is 5.07. The molecule has 2 aliphatic rings. The van der Waals surface area contributed by atoms with Crippen molar-refractivity contribution in [1.29, 1.82) is 0 Å². The number of fused-ring (bicyclic) bond motifs is 1. The summed E-state index contributed by atoms with van der Waals surface area (Å²) in [6.07, 6.45) is 9.21. The molecule has 0 N–H and O–H groups in total. The van der Waals surface area contributed by atoms with E-state index in [-0.39, 0.29) is 6.04 Å². The molecule has 1 aliphatic heterocycles. The highest BCUT2D eigenvalue weighted by Gasteiger charge is 2.31. The van der Waals surface area contributed by atoms with Crippen LogP contribution in [0.4, 0.5) is 0 Å². The molecule has 0 saturated carbocycles. The van der Waals surface area contributed by atoms with Gasteiger partial charge < -0.3 is 0 Å². The summed E-state index contributed by atoms with van der Waals surface area (Å²) in [5, 5.41) is 13.4. The zero-order chi connectivity index (χ0) is 24.9. The molecule has 1 saturated heterocycles. The van der Waals surface area contributed by atoms with Crippen molar-refractivity contribution in [3.05, 3.63) is 113 Å². The summed E-state index contributed by atoms with van der Waals surface area (Å²) in [5.74, 6) is 0.905. The van der Waals surface area contributed by atoms with Crippen LogP contribution in [0.15, 0.2) is 84.9 Å². The maximum Gasteiger partial charge on any atom is 0.178 e. The monoisotopic (exact) mass is 490 g/mol. The lowest BCUT2D eigenvalue weighted by molar-refractivity contribution is 0.113. The standard InChI is InChI=1S/C31H34N6/c1-3-11-25(12-4-1)13-10-20-35-21-23-36(24-22-35)30(27-15-5-2-6-16-27)31-32-33-34-37(31)29-19-9-17-26-14-7-8-18-28(26)29/h1-6,9-13,15-17,19,30H,7-8,14,18,20-24H2. The highest BCUT2D eigenvalue weighted by molar-refractivity contribution is 5.49. The van der Waals surface area contributed by atoms with Crippen LogP contribution in [0.3, 0.4) is 0 Å². The van der Waals surface area contributed by atoms with E-state index in [0.717, 1.165) is 57.1 Å². The van der Waals surface area contributed by atoms with E-state index in [1.807, 2.05) is 4.68 Å². The van der Waals surface area contributed by atoms with Crippen LogP contribution in [-0.2, 0) is 12.8 Å². The Morgan fingerprint density at radius 1 is 0.784 bits per heavy atom. The van der Waals surface area contributed by atoms with Crippen molar-refractivity contribution in [2.75, 3.05) is 32.7 Å². The Hall–Kier alpha value is -3.61. The van der Waals surface area contributed by atoms with E-state index in [2.05, 4.69) is 116 Å². The van der Waals surface area contributed by atoms with Crippen LogP contribution < -0.4 is 0 Å². The molecule has 1 aromatic heterocycles. The van der Waals surface area contributed by atoms with Crippen LogP contribution in [0.1, 0.15) is 47.0 Å². The van der Waals surface area contributed by atoms with Crippen LogP contribution in [0, 0.1) is 0 Å². The van der Waals surface area contributed by atoms with Crippen LogP contribution >= 0.6 is 0 Å². The number of hydrogen-bond donors (Lipinski definition) is 0. The molecule has 1 fully saturated rings. The first-order valence-corrected chi connectivity index (χ1v) is 13.5. The van der Waals surface area contributed by atoms with Gasteiger partial charge in [-0.1, -0.05) is 84.9 Å². The molecule has 1 aliphatic carbocycles. The molecule has 0 amide bonds. The summed E-state index contributed by atoms with van der Waals surface area (Å²) in [5.41, 5.74) is 6.48. The molecule has 2 heterocycles.